The summed E-state index contributed by atoms with van der Waals surface area (Å²) in [5.41, 5.74) is 3.49. The van der Waals surface area contributed by atoms with Crippen LogP contribution in [0, 0.1) is 13.8 Å². The van der Waals surface area contributed by atoms with Gasteiger partial charge in [-0.3, -0.25) is 0 Å². The quantitative estimate of drug-likeness (QED) is 0.741. The summed E-state index contributed by atoms with van der Waals surface area (Å²) in [6.07, 6.45) is 0. The molecule has 3 aromatic rings. The highest BCUT2D eigenvalue weighted by molar-refractivity contribution is 5.50. The van der Waals surface area contributed by atoms with E-state index in [-0.39, 0.29) is 5.69 Å². The summed E-state index contributed by atoms with van der Waals surface area (Å²) >= 11 is 0. The maximum absolute atomic E-state index is 12.1. The molecule has 0 saturated heterocycles. The van der Waals surface area contributed by atoms with Gasteiger partial charge in [0.25, 0.3) is 0 Å². The van der Waals surface area contributed by atoms with Gasteiger partial charge < -0.3 is 4.74 Å². The van der Waals surface area contributed by atoms with E-state index in [1.54, 1.807) is 13.1 Å². The number of ether oxygens (including phenoxy) is 1. The summed E-state index contributed by atoms with van der Waals surface area (Å²) in [6.45, 7) is 4.41. The highest BCUT2D eigenvalue weighted by atomic mass is 16.5. The summed E-state index contributed by atoms with van der Waals surface area (Å²) in [5, 5.41) is 7.64. The van der Waals surface area contributed by atoms with Crippen LogP contribution in [-0.4, -0.2) is 19.8 Å². The Labute approximate surface area is 133 Å². The maximum atomic E-state index is 12.1. The summed E-state index contributed by atoms with van der Waals surface area (Å²) in [6, 6.07) is 13.8. The second kappa shape index (κ2) is 6.08. The van der Waals surface area contributed by atoms with E-state index in [2.05, 4.69) is 10.4 Å². The topological polar surface area (TPSA) is 61.9 Å². The summed E-state index contributed by atoms with van der Waals surface area (Å²) in [7, 11) is 1.56. The maximum Gasteiger partial charge on any atom is 0.368 e. The molecular weight excluding hydrogens is 292 g/mol. The molecule has 0 N–H and O–H groups in total. The molecule has 3 rings (SSSR count). The minimum Gasteiger partial charge on any atom is -0.486 e. The lowest BCUT2D eigenvalue weighted by atomic mass is 10.1. The minimum atomic E-state index is -0.309. The van der Waals surface area contributed by atoms with Gasteiger partial charge in [0, 0.05) is 7.05 Å². The number of rotatable bonds is 4. The number of nitrogens with zero attached hydrogens (tertiary/aromatic N) is 4. The fourth-order valence-electron chi connectivity index (χ4n) is 2.30. The zero-order valence-corrected chi connectivity index (χ0v) is 13.4. The fraction of sp³-hybridized carbons (Fsp3) is 0.235. The molecule has 0 saturated carbocycles. The smallest absolute Gasteiger partial charge is 0.368 e. The van der Waals surface area contributed by atoms with Gasteiger partial charge >= 0.3 is 5.69 Å². The molecule has 0 amide bonds. The highest BCUT2D eigenvalue weighted by Gasteiger charge is 2.14. The summed E-state index contributed by atoms with van der Waals surface area (Å²) in [4.78, 5) is 12.1. The van der Waals surface area contributed by atoms with E-state index in [9.17, 15) is 4.79 Å². The average Bonchev–Trinajstić information content (AvgIpc) is 2.87. The van der Waals surface area contributed by atoms with E-state index in [1.165, 1.54) is 14.9 Å². The monoisotopic (exact) mass is 310 g/mol. The first kappa shape index (κ1) is 15.0. The van der Waals surface area contributed by atoms with E-state index < -0.39 is 0 Å². The molecule has 118 valence electrons. The van der Waals surface area contributed by atoms with Crippen molar-refractivity contribution in [3.05, 3.63) is 69.6 Å². The lowest BCUT2D eigenvalue weighted by Crippen LogP contribution is -2.22. The van der Waals surface area contributed by atoms with Gasteiger partial charge in [0.15, 0.2) is 0 Å². The Morgan fingerprint density at radius 3 is 2.43 bits per heavy atom. The Morgan fingerprint density at radius 1 is 1.04 bits per heavy atom. The molecule has 0 aliphatic heterocycles. The van der Waals surface area contributed by atoms with E-state index in [1.807, 2.05) is 50.2 Å². The highest BCUT2D eigenvalue weighted by Crippen LogP contribution is 2.26. The largest absolute Gasteiger partial charge is 0.486 e. The van der Waals surface area contributed by atoms with Gasteiger partial charge in [-0.25, -0.2) is 4.79 Å². The molecule has 1 heterocycles. The molecule has 2 aromatic carbocycles. The van der Waals surface area contributed by atoms with Crippen LogP contribution in [0.1, 0.15) is 16.7 Å². The van der Waals surface area contributed by atoms with Crippen molar-refractivity contribution < 1.29 is 4.74 Å². The van der Waals surface area contributed by atoms with Gasteiger partial charge in [-0.2, -0.15) is 9.36 Å². The third-order valence-electron chi connectivity index (χ3n) is 3.64. The van der Waals surface area contributed by atoms with Crippen molar-refractivity contribution in [1.82, 2.24) is 19.8 Å². The van der Waals surface area contributed by atoms with Crippen molar-refractivity contribution in [2.24, 2.45) is 7.05 Å². The molecule has 6 heteroatoms. The van der Waals surface area contributed by atoms with E-state index in [0.717, 1.165) is 11.1 Å². The molecule has 0 atom stereocenters. The number of tetrazole rings is 1. The van der Waals surface area contributed by atoms with E-state index >= 15 is 0 Å². The Morgan fingerprint density at radius 2 is 1.78 bits per heavy atom. The van der Waals surface area contributed by atoms with Crippen molar-refractivity contribution in [3.63, 3.8) is 0 Å². The number of aromatic nitrogens is 4. The molecule has 0 aliphatic rings. The van der Waals surface area contributed by atoms with E-state index in [4.69, 9.17) is 4.74 Å². The number of benzene rings is 2. The first-order valence-corrected chi connectivity index (χ1v) is 7.33. The molecule has 23 heavy (non-hydrogen) atoms. The predicted octanol–water partition coefficient (Wildman–Crippen LogP) is 2.16. The number of hydrogen-bond donors (Lipinski definition) is 0. The number of hydrogen-bond acceptors (Lipinski definition) is 4. The van der Waals surface area contributed by atoms with Crippen LogP contribution in [0.2, 0.25) is 0 Å². The third kappa shape index (κ3) is 3.01. The number of aryl methyl sites for hydroxylation is 3. The number of para-hydroxylation sites is 1. The fourth-order valence-corrected chi connectivity index (χ4v) is 2.30. The SMILES string of the molecule is Cc1ccc(COc2c(C)cccc2-n2nnn(C)c2=O)cc1. The second-order valence-electron chi connectivity index (χ2n) is 5.49. The molecule has 0 unspecified atom stereocenters. The summed E-state index contributed by atoms with van der Waals surface area (Å²) < 4.78 is 8.41. The van der Waals surface area contributed by atoms with Crippen molar-refractivity contribution in [1.29, 1.82) is 0 Å². The van der Waals surface area contributed by atoms with Crippen molar-refractivity contribution in [2.45, 2.75) is 20.5 Å². The van der Waals surface area contributed by atoms with Gasteiger partial charge in [0.1, 0.15) is 18.0 Å². The standard InChI is InChI=1S/C17H18N4O2/c1-12-7-9-14(10-8-12)11-23-16-13(2)5-4-6-15(16)21-17(22)20(3)18-19-21/h4-10H,11H2,1-3H3. The van der Waals surface area contributed by atoms with Gasteiger partial charge in [0.05, 0.1) is 0 Å². The summed E-state index contributed by atoms with van der Waals surface area (Å²) in [5.74, 6) is 0.635. The second-order valence-corrected chi connectivity index (χ2v) is 5.49. The van der Waals surface area contributed by atoms with Crippen LogP contribution in [0.15, 0.2) is 47.3 Å². The lowest BCUT2D eigenvalue weighted by Gasteiger charge is -2.13. The Balaban J connectivity index is 1.94. The van der Waals surface area contributed by atoms with Gasteiger partial charge in [-0.05, 0) is 41.5 Å². The first-order chi connectivity index (χ1) is 11.1. The van der Waals surface area contributed by atoms with Crippen molar-refractivity contribution >= 4 is 0 Å². The molecule has 6 nitrogen and oxygen atoms in total. The van der Waals surface area contributed by atoms with Gasteiger partial charge in [-0.1, -0.05) is 42.0 Å². The van der Waals surface area contributed by atoms with Crippen LogP contribution in [0.3, 0.4) is 0 Å². The predicted molar refractivity (Wildman–Crippen MR) is 86.8 cm³/mol. The van der Waals surface area contributed by atoms with Gasteiger partial charge in [0.2, 0.25) is 0 Å². The van der Waals surface area contributed by atoms with Crippen molar-refractivity contribution in [3.8, 4) is 11.4 Å². The average molecular weight is 310 g/mol. The zero-order valence-electron chi connectivity index (χ0n) is 13.4. The molecule has 0 radical (unpaired) electrons. The molecule has 0 bridgehead atoms. The molecule has 1 aromatic heterocycles. The molecular formula is C17H18N4O2. The van der Waals surface area contributed by atoms with Crippen LogP contribution in [0.5, 0.6) is 5.75 Å². The minimum absolute atomic E-state index is 0.309. The molecule has 0 fully saturated rings. The molecule has 0 aliphatic carbocycles. The van der Waals surface area contributed by atoms with Crippen LogP contribution in [0.25, 0.3) is 5.69 Å². The van der Waals surface area contributed by atoms with Crippen LogP contribution in [-0.2, 0) is 13.7 Å². The van der Waals surface area contributed by atoms with Gasteiger partial charge in [-0.15, -0.1) is 0 Å². The van der Waals surface area contributed by atoms with E-state index in [0.29, 0.717) is 18.0 Å². The Hall–Kier alpha value is -2.89. The Bertz CT molecular complexity index is 878. The normalized spacial score (nSPS) is 10.7. The van der Waals surface area contributed by atoms with Crippen molar-refractivity contribution in [2.75, 3.05) is 0 Å². The van der Waals surface area contributed by atoms with Crippen LogP contribution >= 0.6 is 0 Å². The lowest BCUT2D eigenvalue weighted by molar-refractivity contribution is 0.302. The first-order valence-electron chi connectivity index (χ1n) is 7.33. The Kier molecular flexibility index (Phi) is 3.97. The zero-order chi connectivity index (χ0) is 16.4. The van der Waals surface area contributed by atoms with Crippen LogP contribution < -0.4 is 10.4 Å². The van der Waals surface area contributed by atoms with Crippen LogP contribution in [0.4, 0.5) is 0 Å². The molecule has 0 spiro atoms. The third-order valence-corrected chi connectivity index (χ3v) is 3.64.